The number of carbonyl (C=O) groups is 1. The summed E-state index contributed by atoms with van der Waals surface area (Å²) >= 11 is 7.54. The second-order valence-corrected chi connectivity index (χ2v) is 6.95. The molecule has 1 fully saturated rings. The summed E-state index contributed by atoms with van der Waals surface area (Å²) in [6.07, 6.45) is 2.47. The fourth-order valence-corrected chi connectivity index (χ4v) is 3.74. The normalized spacial score (nSPS) is 23.8. The lowest BCUT2D eigenvalue weighted by Gasteiger charge is -2.36. The van der Waals surface area contributed by atoms with E-state index in [1.807, 2.05) is 6.07 Å². The summed E-state index contributed by atoms with van der Waals surface area (Å²) in [7, 11) is 1.42. The van der Waals surface area contributed by atoms with Gasteiger partial charge in [0.05, 0.1) is 17.9 Å². The van der Waals surface area contributed by atoms with E-state index in [4.69, 9.17) is 17.3 Å². The van der Waals surface area contributed by atoms with Crippen LogP contribution in [0.5, 0.6) is 0 Å². The van der Waals surface area contributed by atoms with Crippen molar-refractivity contribution in [2.24, 2.45) is 11.7 Å². The van der Waals surface area contributed by atoms with Crippen LogP contribution in [0.25, 0.3) is 0 Å². The molecule has 2 N–H and O–H groups in total. The van der Waals surface area contributed by atoms with Crippen LogP contribution in [0.4, 0.5) is 0 Å². The SMILES string of the molecule is COC(=O)CCN1CC(N)CC(Cc2csc(Cl)c2)C1. The van der Waals surface area contributed by atoms with Gasteiger partial charge in [0.2, 0.25) is 0 Å². The lowest BCUT2D eigenvalue weighted by Crippen LogP contribution is -2.48. The van der Waals surface area contributed by atoms with Crippen molar-refractivity contribution in [1.29, 1.82) is 0 Å². The second kappa shape index (κ2) is 7.41. The molecule has 2 rings (SSSR count). The molecule has 1 aliphatic rings. The Bertz CT molecular complexity index is 452. The van der Waals surface area contributed by atoms with E-state index in [-0.39, 0.29) is 12.0 Å². The topological polar surface area (TPSA) is 55.6 Å². The van der Waals surface area contributed by atoms with Gasteiger partial charge in [0.15, 0.2) is 0 Å². The minimum absolute atomic E-state index is 0.162. The number of esters is 1. The molecule has 0 radical (unpaired) electrons. The first-order valence-electron chi connectivity index (χ1n) is 6.84. The van der Waals surface area contributed by atoms with Gasteiger partial charge in [0, 0.05) is 25.7 Å². The molecule has 0 bridgehead atoms. The Hall–Kier alpha value is -0.620. The summed E-state index contributed by atoms with van der Waals surface area (Å²) in [5, 5.41) is 2.11. The average Bonchev–Trinajstić information content (AvgIpc) is 2.80. The van der Waals surface area contributed by atoms with Crippen molar-refractivity contribution in [3.8, 4) is 0 Å². The summed E-state index contributed by atoms with van der Waals surface area (Å²) in [5.74, 6) is 0.368. The van der Waals surface area contributed by atoms with Gasteiger partial charge in [0.1, 0.15) is 0 Å². The first-order valence-corrected chi connectivity index (χ1v) is 8.10. The highest BCUT2D eigenvalue weighted by Crippen LogP contribution is 2.25. The van der Waals surface area contributed by atoms with E-state index in [0.29, 0.717) is 12.3 Å². The molecule has 0 saturated carbocycles. The lowest BCUT2D eigenvalue weighted by atomic mass is 9.90. The number of thiophene rings is 1. The number of ether oxygens (including phenoxy) is 1. The monoisotopic (exact) mass is 316 g/mol. The number of hydrogen-bond donors (Lipinski definition) is 1. The number of methoxy groups -OCH3 is 1. The van der Waals surface area contributed by atoms with Crippen LogP contribution in [0.1, 0.15) is 18.4 Å². The maximum absolute atomic E-state index is 11.2. The zero-order valence-electron chi connectivity index (χ0n) is 11.7. The van der Waals surface area contributed by atoms with Gasteiger partial charge in [-0.05, 0) is 35.8 Å². The van der Waals surface area contributed by atoms with Crippen LogP contribution >= 0.6 is 22.9 Å². The molecule has 1 aromatic rings. The molecule has 0 aliphatic carbocycles. The number of piperidine rings is 1. The van der Waals surface area contributed by atoms with E-state index in [1.165, 1.54) is 12.7 Å². The minimum Gasteiger partial charge on any atom is -0.469 e. The maximum Gasteiger partial charge on any atom is 0.306 e. The largest absolute Gasteiger partial charge is 0.469 e. The van der Waals surface area contributed by atoms with Crippen molar-refractivity contribution in [2.75, 3.05) is 26.7 Å². The van der Waals surface area contributed by atoms with E-state index in [2.05, 4.69) is 15.0 Å². The standard InChI is InChI=1S/C14H21ClN2O2S/c1-19-14(18)2-3-17-7-10(5-12(16)8-17)4-11-6-13(15)20-9-11/h6,9-10,12H,2-5,7-8,16H2,1H3. The Balaban J connectivity index is 1.85. The molecule has 20 heavy (non-hydrogen) atoms. The third kappa shape index (κ3) is 4.74. The van der Waals surface area contributed by atoms with E-state index in [9.17, 15) is 4.79 Å². The summed E-state index contributed by atoms with van der Waals surface area (Å²) < 4.78 is 5.52. The van der Waals surface area contributed by atoms with Gasteiger partial charge in [-0.25, -0.2) is 0 Å². The highest BCUT2D eigenvalue weighted by molar-refractivity contribution is 7.14. The number of nitrogens with zero attached hydrogens (tertiary/aromatic N) is 1. The molecule has 2 heterocycles. The summed E-state index contributed by atoms with van der Waals surface area (Å²) in [5.41, 5.74) is 7.42. The summed E-state index contributed by atoms with van der Waals surface area (Å²) in [4.78, 5) is 13.5. The molecule has 6 heteroatoms. The molecular formula is C14H21ClN2O2S. The van der Waals surface area contributed by atoms with Gasteiger partial charge in [-0.2, -0.15) is 0 Å². The quantitative estimate of drug-likeness (QED) is 0.846. The van der Waals surface area contributed by atoms with Crippen molar-refractivity contribution >= 4 is 28.9 Å². The Labute approximate surface area is 128 Å². The van der Waals surface area contributed by atoms with Crippen molar-refractivity contribution < 1.29 is 9.53 Å². The highest BCUT2D eigenvalue weighted by atomic mass is 35.5. The molecule has 0 aromatic carbocycles. The van der Waals surface area contributed by atoms with Gasteiger partial charge in [-0.15, -0.1) is 11.3 Å². The number of nitrogens with two attached hydrogens (primary N) is 1. The zero-order valence-corrected chi connectivity index (χ0v) is 13.3. The fraction of sp³-hybridized carbons (Fsp3) is 0.643. The maximum atomic E-state index is 11.2. The Morgan fingerprint density at radius 3 is 3.05 bits per heavy atom. The predicted molar refractivity (Wildman–Crippen MR) is 82.2 cm³/mol. The second-order valence-electron chi connectivity index (χ2n) is 5.41. The molecule has 112 valence electrons. The van der Waals surface area contributed by atoms with E-state index in [0.717, 1.165) is 36.8 Å². The van der Waals surface area contributed by atoms with Crippen molar-refractivity contribution in [1.82, 2.24) is 4.90 Å². The van der Waals surface area contributed by atoms with Crippen LogP contribution in [-0.4, -0.2) is 43.7 Å². The molecule has 4 nitrogen and oxygen atoms in total. The van der Waals surface area contributed by atoms with Crippen LogP contribution < -0.4 is 5.73 Å². The lowest BCUT2D eigenvalue weighted by molar-refractivity contribution is -0.141. The van der Waals surface area contributed by atoms with Crippen LogP contribution in [0.3, 0.4) is 0 Å². The molecule has 0 amide bonds. The first-order chi connectivity index (χ1) is 9.56. The van der Waals surface area contributed by atoms with Crippen molar-refractivity contribution in [3.05, 3.63) is 21.3 Å². The average molecular weight is 317 g/mol. The van der Waals surface area contributed by atoms with Gasteiger partial charge in [-0.1, -0.05) is 11.6 Å². The molecule has 1 saturated heterocycles. The predicted octanol–water partition coefficient (Wildman–Crippen LogP) is 2.16. The van der Waals surface area contributed by atoms with Crippen LogP contribution in [-0.2, 0) is 16.0 Å². The highest BCUT2D eigenvalue weighted by Gasteiger charge is 2.25. The molecule has 2 unspecified atom stereocenters. The Kier molecular flexibility index (Phi) is 5.84. The molecule has 2 atom stereocenters. The molecule has 1 aliphatic heterocycles. The Morgan fingerprint density at radius 1 is 1.60 bits per heavy atom. The number of halogens is 1. The van der Waals surface area contributed by atoms with Gasteiger partial charge >= 0.3 is 5.97 Å². The smallest absolute Gasteiger partial charge is 0.306 e. The van der Waals surface area contributed by atoms with Crippen molar-refractivity contribution in [3.63, 3.8) is 0 Å². The number of hydrogen-bond acceptors (Lipinski definition) is 5. The van der Waals surface area contributed by atoms with E-state index in [1.54, 1.807) is 11.3 Å². The molecule has 0 spiro atoms. The van der Waals surface area contributed by atoms with Gasteiger partial charge in [-0.3, -0.25) is 4.79 Å². The van der Waals surface area contributed by atoms with Crippen molar-refractivity contribution in [2.45, 2.75) is 25.3 Å². The zero-order chi connectivity index (χ0) is 14.5. The van der Waals surface area contributed by atoms with Gasteiger partial charge in [0.25, 0.3) is 0 Å². The third-order valence-corrected chi connectivity index (χ3v) is 4.79. The number of likely N-dealkylation sites (tertiary alicyclic amines) is 1. The first kappa shape index (κ1) is 15.8. The fourth-order valence-electron chi connectivity index (χ4n) is 2.82. The number of rotatable bonds is 5. The van der Waals surface area contributed by atoms with Crippen LogP contribution in [0, 0.1) is 5.92 Å². The summed E-state index contributed by atoms with van der Waals surface area (Å²) in [6.45, 7) is 2.57. The summed E-state index contributed by atoms with van der Waals surface area (Å²) in [6, 6.07) is 2.21. The van der Waals surface area contributed by atoms with Crippen LogP contribution in [0.15, 0.2) is 11.4 Å². The van der Waals surface area contributed by atoms with E-state index < -0.39 is 0 Å². The van der Waals surface area contributed by atoms with Gasteiger partial charge < -0.3 is 15.4 Å². The third-order valence-electron chi connectivity index (χ3n) is 3.65. The van der Waals surface area contributed by atoms with Crippen LogP contribution in [0.2, 0.25) is 4.34 Å². The minimum atomic E-state index is -0.162. The van der Waals surface area contributed by atoms with E-state index >= 15 is 0 Å². The Morgan fingerprint density at radius 2 is 2.40 bits per heavy atom. The molecular weight excluding hydrogens is 296 g/mol. The molecule has 1 aromatic heterocycles. The number of carbonyl (C=O) groups excluding carboxylic acids is 1.